The van der Waals surface area contributed by atoms with Gasteiger partial charge in [-0.1, -0.05) is 53.7 Å². The Labute approximate surface area is 151 Å². The number of aryl methyl sites for hydroxylation is 3. The van der Waals surface area contributed by atoms with Crippen molar-refractivity contribution in [2.24, 2.45) is 0 Å². The molecule has 0 atom stereocenters. The minimum Gasteiger partial charge on any atom is -0.293 e. The van der Waals surface area contributed by atoms with Crippen LogP contribution in [0.25, 0.3) is 10.9 Å². The number of carbonyl (C=O) groups is 1. The number of nitrogens with zero attached hydrogens (tertiary/aromatic N) is 2. The number of hydrogen-bond donors (Lipinski definition) is 0. The highest BCUT2D eigenvalue weighted by molar-refractivity contribution is 8.00. The summed E-state index contributed by atoms with van der Waals surface area (Å²) in [7, 11) is 0. The van der Waals surface area contributed by atoms with E-state index < -0.39 is 0 Å². The Bertz CT molecular complexity index is 1000. The largest absolute Gasteiger partial charge is 0.293 e. The van der Waals surface area contributed by atoms with Crippen LogP contribution < -0.4 is 0 Å². The topological polar surface area (TPSA) is 53.8 Å². The van der Waals surface area contributed by atoms with Crippen molar-refractivity contribution in [3.8, 4) is 6.07 Å². The number of benzene rings is 2. The first kappa shape index (κ1) is 17.2. The van der Waals surface area contributed by atoms with E-state index in [1.807, 2.05) is 63.2 Å². The molecule has 0 unspecified atom stereocenters. The third kappa shape index (κ3) is 3.57. The van der Waals surface area contributed by atoms with Gasteiger partial charge in [0.25, 0.3) is 0 Å². The fourth-order valence-electron chi connectivity index (χ4n) is 2.66. The Kier molecular flexibility index (Phi) is 4.87. The number of carbonyl (C=O) groups excluding carboxylic acids is 1. The minimum atomic E-state index is 0.0387. The van der Waals surface area contributed by atoms with Crippen LogP contribution in [-0.2, 0) is 0 Å². The number of hydrogen-bond acceptors (Lipinski definition) is 4. The average molecular weight is 346 g/mol. The van der Waals surface area contributed by atoms with Crippen LogP contribution in [0.1, 0.15) is 32.6 Å². The molecule has 0 N–H and O–H groups in total. The summed E-state index contributed by atoms with van der Waals surface area (Å²) in [5, 5.41) is 11.1. The molecular weight excluding hydrogens is 328 g/mol. The first-order valence-corrected chi connectivity index (χ1v) is 9.02. The Morgan fingerprint density at radius 2 is 1.76 bits per heavy atom. The molecule has 0 saturated carbocycles. The van der Waals surface area contributed by atoms with Gasteiger partial charge in [-0.05, 0) is 38.0 Å². The average Bonchev–Trinajstić information content (AvgIpc) is 2.62. The fourth-order valence-corrected chi connectivity index (χ4v) is 3.51. The zero-order valence-corrected chi connectivity index (χ0v) is 15.3. The van der Waals surface area contributed by atoms with Gasteiger partial charge in [-0.2, -0.15) is 5.26 Å². The zero-order chi connectivity index (χ0) is 18.0. The molecule has 4 heteroatoms. The van der Waals surface area contributed by atoms with Crippen molar-refractivity contribution in [2.45, 2.75) is 25.8 Å². The molecule has 0 bridgehead atoms. The van der Waals surface area contributed by atoms with Crippen molar-refractivity contribution in [2.75, 3.05) is 5.75 Å². The maximum Gasteiger partial charge on any atom is 0.173 e. The molecule has 0 fully saturated rings. The molecule has 0 saturated heterocycles. The van der Waals surface area contributed by atoms with Crippen LogP contribution >= 0.6 is 11.8 Å². The zero-order valence-electron chi connectivity index (χ0n) is 14.5. The van der Waals surface area contributed by atoms with E-state index in [-0.39, 0.29) is 11.5 Å². The lowest BCUT2D eigenvalue weighted by atomic mass is 10.0. The number of fused-ring (bicyclic) bond motifs is 1. The van der Waals surface area contributed by atoms with E-state index in [1.54, 1.807) is 0 Å². The molecule has 3 nitrogen and oxygen atoms in total. The van der Waals surface area contributed by atoms with E-state index in [0.717, 1.165) is 27.6 Å². The third-order valence-electron chi connectivity index (χ3n) is 4.20. The standard InChI is InChI=1S/C21H18N2OS/c1-13-4-8-16(9-5-13)19(24)12-25-21-17(11-22)10-18-14(2)6-7-15(3)20(18)23-21/h4-10H,12H2,1-3H3. The van der Waals surface area contributed by atoms with Crippen molar-refractivity contribution in [1.29, 1.82) is 5.26 Å². The lowest BCUT2D eigenvalue weighted by Crippen LogP contribution is -2.03. The number of thioether (sulfide) groups is 1. The van der Waals surface area contributed by atoms with Gasteiger partial charge >= 0.3 is 0 Å². The molecule has 0 aliphatic heterocycles. The number of ketones is 1. The molecule has 0 amide bonds. The van der Waals surface area contributed by atoms with Gasteiger partial charge in [0, 0.05) is 10.9 Å². The molecule has 124 valence electrons. The second-order valence-corrected chi connectivity index (χ2v) is 7.09. The first-order chi connectivity index (χ1) is 12.0. The van der Waals surface area contributed by atoms with Gasteiger partial charge in [0.05, 0.1) is 16.8 Å². The highest BCUT2D eigenvalue weighted by Crippen LogP contribution is 2.28. The smallest absolute Gasteiger partial charge is 0.173 e. The van der Waals surface area contributed by atoms with E-state index in [0.29, 0.717) is 16.2 Å². The van der Waals surface area contributed by atoms with Crippen LogP contribution in [-0.4, -0.2) is 16.5 Å². The van der Waals surface area contributed by atoms with Gasteiger partial charge in [0.2, 0.25) is 0 Å². The molecule has 0 spiro atoms. The molecular formula is C21H18N2OS. The fraction of sp³-hybridized carbons (Fsp3) is 0.190. The Morgan fingerprint density at radius 1 is 1.08 bits per heavy atom. The van der Waals surface area contributed by atoms with Crippen molar-refractivity contribution < 1.29 is 4.79 Å². The predicted molar refractivity (Wildman–Crippen MR) is 102 cm³/mol. The maximum atomic E-state index is 12.4. The summed E-state index contributed by atoms with van der Waals surface area (Å²) in [5.41, 5.74) is 5.38. The summed E-state index contributed by atoms with van der Waals surface area (Å²) < 4.78 is 0. The Balaban J connectivity index is 1.90. The summed E-state index contributed by atoms with van der Waals surface area (Å²) in [5.74, 6) is 0.304. The summed E-state index contributed by atoms with van der Waals surface area (Å²) in [6.45, 7) is 6.01. The van der Waals surface area contributed by atoms with Crippen LogP contribution in [0.5, 0.6) is 0 Å². The molecule has 0 aliphatic rings. The monoisotopic (exact) mass is 346 g/mol. The number of Topliss-reactive ketones (excluding diaryl/α,β-unsaturated/α-hetero) is 1. The van der Waals surface area contributed by atoms with Gasteiger partial charge in [0.15, 0.2) is 5.78 Å². The molecule has 25 heavy (non-hydrogen) atoms. The molecule has 1 heterocycles. The number of pyridine rings is 1. The van der Waals surface area contributed by atoms with Gasteiger partial charge < -0.3 is 0 Å². The highest BCUT2D eigenvalue weighted by atomic mass is 32.2. The summed E-state index contributed by atoms with van der Waals surface area (Å²) >= 11 is 1.33. The van der Waals surface area contributed by atoms with Crippen LogP contribution in [0.2, 0.25) is 0 Å². The van der Waals surface area contributed by atoms with Crippen molar-refractivity contribution in [1.82, 2.24) is 4.98 Å². The molecule has 3 aromatic rings. The van der Waals surface area contributed by atoms with E-state index in [2.05, 4.69) is 11.1 Å². The Morgan fingerprint density at radius 3 is 2.44 bits per heavy atom. The molecule has 0 radical (unpaired) electrons. The SMILES string of the molecule is Cc1ccc(C(=O)CSc2nc3c(C)ccc(C)c3cc2C#N)cc1. The summed E-state index contributed by atoms with van der Waals surface area (Å²) in [4.78, 5) is 17.1. The van der Waals surface area contributed by atoms with Gasteiger partial charge in [-0.15, -0.1) is 0 Å². The maximum absolute atomic E-state index is 12.4. The number of aromatic nitrogens is 1. The van der Waals surface area contributed by atoms with Crippen LogP contribution in [0.3, 0.4) is 0 Å². The van der Waals surface area contributed by atoms with Gasteiger partial charge in [0.1, 0.15) is 11.1 Å². The quantitative estimate of drug-likeness (QED) is 0.492. The van der Waals surface area contributed by atoms with Gasteiger partial charge in [-0.3, -0.25) is 4.79 Å². The van der Waals surface area contributed by atoms with Crippen LogP contribution in [0.15, 0.2) is 47.5 Å². The van der Waals surface area contributed by atoms with E-state index in [4.69, 9.17) is 0 Å². The van der Waals surface area contributed by atoms with Crippen molar-refractivity contribution in [3.63, 3.8) is 0 Å². The van der Waals surface area contributed by atoms with E-state index in [9.17, 15) is 10.1 Å². The summed E-state index contributed by atoms with van der Waals surface area (Å²) in [6.07, 6.45) is 0. The molecule has 0 aliphatic carbocycles. The third-order valence-corrected chi connectivity index (χ3v) is 5.19. The highest BCUT2D eigenvalue weighted by Gasteiger charge is 2.13. The first-order valence-electron chi connectivity index (χ1n) is 8.03. The van der Waals surface area contributed by atoms with Crippen molar-refractivity contribution >= 4 is 28.4 Å². The molecule has 1 aromatic heterocycles. The lowest BCUT2D eigenvalue weighted by Gasteiger charge is -2.09. The van der Waals surface area contributed by atoms with Gasteiger partial charge in [-0.25, -0.2) is 4.98 Å². The number of rotatable bonds is 4. The minimum absolute atomic E-state index is 0.0387. The summed E-state index contributed by atoms with van der Waals surface area (Å²) in [6, 6.07) is 15.7. The molecule has 2 aromatic carbocycles. The second-order valence-electron chi connectivity index (χ2n) is 6.13. The lowest BCUT2D eigenvalue weighted by molar-refractivity contribution is 0.102. The van der Waals surface area contributed by atoms with E-state index in [1.165, 1.54) is 11.8 Å². The Hall–Kier alpha value is -2.64. The number of nitriles is 1. The predicted octanol–water partition coefficient (Wildman–Crippen LogP) is 5.01. The van der Waals surface area contributed by atoms with Crippen molar-refractivity contribution in [3.05, 3.63) is 70.3 Å². The molecule has 3 rings (SSSR count). The van der Waals surface area contributed by atoms with Crippen LogP contribution in [0, 0.1) is 32.1 Å². The normalized spacial score (nSPS) is 10.6. The van der Waals surface area contributed by atoms with Crippen LogP contribution in [0.4, 0.5) is 0 Å². The second kappa shape index (κ2) is 7.08. The van der Waals surface area contributed by atoms with E-state index >= 15 is 0 Å².